The van der Waals surface area contributed by atoms with Gasteiger partial charge in [-0.05, 0) is 36.1 Å². The molecule has 2 rings (SSSR count). The Morgan fingerprint density at radius 1 is 1.23 bits per heavy atom. The van der Waals surface area contributed by atoms with Gasteiger partial charge in [0.1, 0.15) is 12.0 Å². The number of hydrogen-bond acceptors (Lipinski definition) is 6. The number of oxime groups is 1. The molecule has 0 aliphatic rings. The molecular weight excluding hydrogens is 334 g/mol. The smallest absolute Gasteiger partial charge is 0.377 e. The predicted octanol–water partition coefficient (Wildman–Crippen LogP) is 3.73. The number of benzene rings is 2. The van der Waals surface area contributed by atoms with Crippen LogP contribution in [0.3, 0.4) is 0 Å². The lowest BCUT2D eigenvalue weighted by atomic mass is 9.92. The number of aliphatic hydroxyl groups excluding tert-OH is 1. The van der Waals surface area contributed by atoms with Gasteiger partial charge in [0.05, 0.1) is 13.3 Å². The van der Waals surface area contributed by atoms with Gasteiger partial charge in [0, 0.05) is 5.92 Å². The van der Waals surface area contributed by atoms with E-state index in [9.17, 15) is 9.90 Å². The molecule has 0 radical (unpaired) electrons. The molecule has 0 aliphatic heterocycles. The SMILES string of the molecule is COC(=O)C(=CO)Oc1cc(C(C=NO)Cc2ccccc2)ccc1C. The van der Waals surface area contributed by atoms with Crippen molar-refractivity contribution in [2.45, 2.75) is 19.3 Å². The molecule has 0 aliphatic carbocycles. The van der Waals surface area contributed by atoms with Gasteiger partial charge in [-0.1, -0.05) is 42.5 Å². The van der Waals surface area contributed by atoms with Gasteiger partial charge in [-0.15, -0.1) is 5.16 Å². The largest absolute Gasteiger partial charge is 0.511 e. The molecule has 2 aromatic rings. The van der Waals surface area contributed by atoms with Crippen molar-refractivity contribution in [2.24, 2.45) is 5.16 Å². The summed E-state index contributed by atoms with van der Waals surface area (Å²) in [6.07, 6.45) is 2.65. The maximum atomic E-state index is 11.6. The Balaban J connectivity index is 2.31. The molecule has 0 saturated heterocycles. The molecule has 6 heteroatoms. The third kappa shape index (κ3) is 4.86. The summed E-state index contributed by atoms with van der Waals surface area (Å²) >= 11 is 0. The van der Waals surface area contributed by atoms with Crippen LogP contribution >= 0.6 is 0 Å². The van der Waals surface area contributed by atoms with E-state index in [0.29, 0.717) is 18.4 Å². The van der Waals surface area contributed by atoms with Crippen LogP contribution in [0, 0.1) is 6.92 Å². The Morgan fingerprint density at radius 3 is 2.58 bits per heavy atom. The molecular formula is C20H21NO5. The van der Waals surface area contributed by atoms with E-state index >= 15 is 0 Å². The molecule has 1 unspecified atom stereocenters. The molecule has 0 spiro atoms. The number of aliphatic hydroxyl groups is 1. The van der Waals surface area contributed by atoms with Gasteiger partial charge in [-0.3, -0.25) is 0 Å². The first-order valence-corrected chi connectivity index (χ1v) is 8.01. The average molecular weight is 355 g/mol. The van der Waals surface area contributed by atoms with Crippen molar-refractivity contribution in [1.29, 1.82) is 0 Å². The van der Waals surface area contributed by atoms with Gasteiger partial charge in [0.25, 0.3) is 0 Å². The summed E-state index contributed by atoms with van der Waals surface area (Å²) in [4.78, 5) is 11.6. The van der Waals surface area contributed by atoms with E-state index in [4.69, 9.17) is 9.94 Å². The van der Waals surface area contributed by atoms with E-state index in [1.807, 2.05) is 49.4 Å². The Bertz CT molecular complexity index is 799. The van der Waals surface area contributed by atoms with Crippen LogP contribution < -0.4 is 4.74 Å². The number of hydrogen-bond donors (Lipinski definition) is 2. The van der Waals surface area contributed by atoms with Gasteiger partial charge in [-0.25, -0.2) is 4.79 Å². The van der Waals surface area contributed by atoms with Crippen molar-refractivity contribution >= 4 is 12.2 Å². The lowest BCUT2D eigenvalue weighted by molar-refractivity contribution is -0.138. The number of aryl methyl sites for hydroxylation is 1. The maximum Gasteiger partial charge on any atom is 0.377 e. The first-order chi connectivity index (χ1) is 12.6. The molecule has 0 saturated carbocycles. The number of nitrogens with zero attached hydrogens (tertiary/aromatic N) is 1. The summed E-state index contributed by atoms with van der Waals surface area (Å²) in [5.74, 6) is -0.888. The van der Waals surface area contributed by atoms with Crippen LogP contribution in [-0.4, -0.2) is 29.6 Å². The second-order valence-electron chi connectivity index (χ2n) is 5.67. The second kappa shape index (κ2) is 9.27. The van der Waals surface area contributed by atoms with Gasteiger partial charge < -0.3 is 19.8 Å². The topological polar surface area (TPSA) is 88.4 Å². The molecule has 0 fully saturated rings. The zero-order valence-corrected chi connectivity index (χ0v) is 14.6. The van der Waals surface area contributed by atoms with Crippen LogP contribution in [0.25, 0.3) is 0 Å². The lowest BCUT2D eigenvalue weighted by Crippen LogP contribution is -2.12. The zero-order chi connectivity index (χ0) is 18.9. The third-order valence-electron chi connectivity index (χ3n) is 3.91. The van der Waals surface area contributed by atoms with Crippen molar-refractivity contribution in [3.05, 3.63) is 77.2 Å². The van der Waals surface area contributed by atoms with E-state index in [0.717, 1.165) is 16.7 Å². The minimum atomic E-state index is -0.782. The summed E-state index contributed by atoms with van der Waals surface area (Å²) in [7, 11) is 1.20. The van der Waals surface area contributed by atoms with E-state index in [-0.39, 0.29) is 11.7 Å². The second-order valence-corrected chi connectivity index (χ2v) is 5.67. The molecule has 0 amide bonds. The van der Waals surface area contributed by atoms with Crippen molar-refractivity contribution in [1.82, 2.24) is 0 Å². The number of ether oxygens (including phenoxy) is 2. The first-order valence-electron chi connectivity index (χ1n) is 8.01. The molecule has 0 heterocycles. The van der Waals surface area contributed by atoms with Crippen LogP contribution in [0.5, 0.6) is 5.75 Å². The van der Waals surface area contributed by atoms with Crippen molar-refractivity contribution in [3.63, 3.8) is 0 Å². The number of carbonyl (C=O) groups is 1. The maximum absolute atomic E-state index is 11.6. The Labute approximate surface area is 152 Å². The summed E-state index contributed by atoms with van der Waals surface area (Å²) in [5.41, 5.74) is 2.71. The molecule has 136 valence electrons. The van der Waals surface area contributed by atoms with Gasteiger partial charge in [-0.2, -0.15) is 0 Å². The highest BCUT2D eigenvalue weighted by molar-refractivity contribution is 5.86. The molecule has 2 N–H and O–H groups in total. The van der Waals surface area contributed by atoms with Crippen LogP contribution in [0.15, 0.2) is 65.7 Å². The van der Waals surface area contributed by atoms with Crippen molar-refractivity contribution in [2.75, 3.05) is 7.11 Å². The molecule has 6 nitrogen and oxygen atoms in total. The van der Waals surface area contributed by atoms with E-state index in [1.165, 1.54) is 13.3 Å². The van der Waals surface area contributed by atoms with E-state index in [2.05, 4.69) is 9.89 Å². The molecule has 0 aromatic heterocycles. The number of carbonyl (C=O) groups excluding carboxylic acids is 1. The zero-order valence-electron chi connectivity index (χ0n) is 14.6. The standard InChI is InChI=1S/C20H21NO5/c1-14-8-9-16(11-18(14)26-19(13-22)20(23)25-2)17(12-21-24)10-15-6-4-3-5-7-15/h3-9,11-13,17,22,24H,10H2,1-2H3. The summed E-state index contributed by atoms with van der Waals surface area (Å²) in [6, 6.07) is 15.3. The molecule has 2 aromatic carbocycles. The fourth-order valence-electron chi connectivity index (χ4n) is 2.50. The molecule has 26 heavy (non-hydrogen) atoms. The van der Waals surface area contributed by atoms with Crippen molar-refractivity contribution in [3.8, 4) is 5.75 Å². The summed E-state index contributed by atoms with van der Waals surface area (Å²) in [6.45, 7) is 1.82. The van der Waals surface area contributed by atoms with Crippen LogP contribution in [0.1, 0.15) is 22.6 Å². The number of methoxy groups -OCH3 is 1. The highest BCUT2D eigenvalue weighted by atomic mass is 16.6. The summed E-state index contributed by atoms with van der Waals surface area (Å²) in [5, 5.41) is 21.4. The highest BCUT2D eigenvalue weighted by Crippen LogP contribution is 2.27. The first kappa shape index (κ1) is 19.1. The fourth-order valence-corrected chi connectivity index (χ4v) is 2.50. The normalized spacial score (nSPS) is 12.8. The minimum Gasteiger partial charge on any atom is -0.511 e. The monoisotopic (exact) mass is 355 g/mol. The Kier molecular flexibility index (Phi) is 6.79. The van der Waals surface area contributed by atoms with Gasteiger partial charge >= 0.3 is 5.97 Å². The number of esters is 1. The van der Waals surface area contributed by atoms with E-state index in [1.54, 1.807) is 6.07 Å². The third-order valence-corrected chi connectivity index (χ3v) is 3.91. The highest BCUT2D eigenvalue weighted by Gasteiger charge is 2.17. The Hall–Kier alpha value is -3.28. The lowest BCUT2D eigenvalue weighted by Gasteiger charge is -2.16. The molecule has 1 atom stereocenters. The molecule has 0 bridgehead atoms. The van der Waals surface area contributed by atoms with Crippen molar-refractivity contribution < 1.29 is 24.6 Å². The number of rotatable bonds is 7. The fraction of sp³-hybridized carbons (Fsp3) is 0.200. The van der Waals surface area contributed by atoms with Gasteiger partial charge in [0.15, 0.2) is 0 Å². The summed E-state index contributed by atoms with van der Waals surface area (Å²) < 4.78 is 10.1. The van der Waals surface area contributed by atoms with Crippen LogP contribution in [-0.2, 0) is 16.0 Å². The minimum absolute atomic E-state index is 0.190. The quantitative estimate of drug-likeness (QED) is 0.197. The van der Waals surface area contributed by atoms with Crippen LogP contribution in [0.4, 0.5) is 0 Å². The average Bonchev–Trinajstić information content (AvgIpc) is 2.67. The predicted molar refractivity (Wildman–Crippen MR) is 97.7 cm³/mol. The van der Waals surface area contributed by atoms with Gasteiger partial charge in [0.2, 0.25) is 5.76 Å². The Morgan fingerprint density at radius 2 is 1.96 bits per heavy atom. The van der Waals surface area contributed by atoms with Crippen LogP contribution in [0.2, 0.25) is 0 Å². The van der Waals surface area contributed by atoms with E-state index < -0.39 is 5.97 Å².